The number of aromatic nitrogens is 2. The van der Waals surface area contributed by atoms with Crippen LogP contribution in [0, 0.1) is 0 Å². The van der Waals surface area contributed by atoms with Crippen LogP contribution in [0.2, 0.25) is 0 Å². The predicted octanol–water partition coefficient (Wildman–Crippen LogP) is 12.8. The molecular weight excluding hydrogens is 641 g/mol. The highest BCUT2D eigenvalue weighted by Crippen LogP contribution is 2.56. The molecule has 0 unspecified atom stereocenters. The summed E-state index contributed by atoms with van der Waals surface area (Å²) in [5, 5.41) is 3.74. The van der Waals surface area contributed by atoms with E-state index in [-0.39, 0.29) is 0 Å². The molecule has 11 rings (SSSR count). The third-order valence-corrected chi connectivity index (χ3v) is 11.4. The molecule has 2 nitrogen and oxygen atoms in total. The van der Waals surface area contributed by atoms with E-state index in [0.29, 0.717) is 0 Å². The zero-order valence-electron chi connectivity index (χ0n) is 29.0. The molecule has 2 heterocycles. The first-order chi connectivity index (χ1) is 26.3. The lowest BCUT2D eigenvalue weighted by Crippen LogP contribution is -2.28. The molecular formula is C51H34N2. The summed E-state index contributed by atoms with van der Waals surface area (Å²) >= 11 is 0. The van der Waals surface area contributed by atoms with Gasteiger partial charge in [-0.2, -0.15) is 0 Å². The highest BCUT2D eigenvalue weighted by molar-refractivity contribution is 6.18. The average Bonchev–Trinajstić information content (AvgIpc) is 3.91. The molecule has 0 atom stereocenters. The van der Waals surface area contributed by atoms with Gasteiger partial charge in [-0.25, -0.2) is 0 Å². The molecule has 0 bridgehead atoms. The molecule has 0 amide bonds. The zero-order valence-corrected chi connectivity index (χ0v) is 29.0. The van der Waals surface area contributed by atoms with Crippen LogP contribution in [0.1, 0.15) is 22.3 Å². The van der Waals surface area contributed by atoms with Crippen LogP contribution in [0.3, 0.4) is 0 Å². The van der Waals surface area contributed by atoms with E-state index >= 15 is 0 Å². The van der Waals surface area contributed by atoms with Gasteiger partial charge in [0.05, 0.1) is 22.0 Å². The van der Waals surface area contributed by atoms with E-state index in [2.05, 4.69) is 216 Å². The summed E-state index contributed by atoms with van der Waals surface area (Å²) in [6.07, 6.45) is 2.22. The summed E-state index contributed by atoms with van der Waals surface area (Å²) in [7, 11) is 0. The van der Waals surface area contributed by atoms with Crippen molar-refractivity contribution in [2.75, 3.05) is 0 Å². The van der Waals surface area contributed by atoms with E-state index in [9.17, 15) is 0 Å². The Kier molecular flexibility index (Phi) is 6.50. The van der Waals surface area contributed by atoms with Gasteiger partial charge in [0.15, 0.2) is 0 Å². The molecule has 0 aliphatic heterocycles. The van der Waals surface area contributed by atoms with E-state index < -0.39 is 5.41 Å². The minimum atomic E-state index is -0.420. The lowest BCUT2D eigenvalue weighted by atomic mass is 9.67. The maximum absolute atomic E-state index is 2.44. The molecule has 0 spiro atoms. The molecule has 8 aromatic carbocycles. The van der Waals surface area contributed by atoms with Crippen LogP contribution in [0.25, 0.3) is 66.3 Å². The van der Waals surface area contributed by atoms with Gasteiger partial charge in [0.2, 0.25) is 0 Å². The van der Waals surface area contributed by atoms with Crippen molar-refractivity contribution < 1.29 is 0 Å². The van der Waals surface area contributed by atoms with Crippen LogP contribution >= 0.6 is 0 Å². The quantitative estimate of drug-likeness (QED) is 0.172. The summed E-state index contributed by atoms with van der Waals surface area (Å²) in [6.45, 7) is 0. The number of rotatable bonds is 5. The minimum Gasteiger partial charge on any atom is -0.315 e. The Bertz CT molecular complexity index is 2930. The summed E-state index contributed by atoms with van der Waals surface area (Å²) < 4.78 is 4.78. The molecule has 1 aliphatic carbocycles. The standard InChI is InChI=1S/C51H34N2/c1-4-14-38(15-5-1)51(39-16-6-2-7-17-39)46-22-12-10-20-42(46)43-30-27-37(34-47(43)51)35-24-28-40(29-25-35)52-33-32-36-26-31-45-44-21-11-13-23-48(44)53(50(45)49(36)52)41-18-8-3-9-19-41/h1-34H. The van der Waals surface area contributed by atoms with E-state index in [4.69, 9.17) is 0 Å². The second kappa shape index (κ2) is 11.6. The molecule has 2 aromatic heterocycles. The van der Waals surface area contributed by atoms with Gasteiger partial charge in [0, 0.05) is 33.7 Å². The molecule has 0 saturated carbocycles. The third-order valence-electron chi connectivity index (χ3n) is 11.4. The topological polar surface area (TPSA) is 9.86 Å². The van der Waals surface area contributed by atoms with Crippen LogP contribution in [0.4, 0.5) is 0 Å². The number of hydrogen-bond acceptors (Lipinski definition) is 0. The third kappa shape index (κ3) is 4.27. The highest BCUT2D eigenvalue weighted by Gasteiger charge is 2.46. The Morgan fingerprint density at radius 3 is 1.75 bits per heavy atom. The fourth-order valence-corrected chi connectivity index (χ4v) is 9.17. The van der Waals surface area contributed by atoms with Crippen molar-refractivity contribution in [1.29, 1.82) is 0 Å². The smallest absolute Gasteiger partial charge is 0.0788 e. The Morgan fingerprint density at radius 1 is 0.377 bits per heavy atom. The SMILES string of the molecule is c1ccc(-n2c3ccccc3c3ccc4ccn(-c5ccc(-c6ccc7c(c6)C(c6ccccc6)(c6ccccc6)c6ccccc6-7)cc5)c4c32)cc1. The Morgan fingerprint density at radius 2 is 1.00 bits per heavy atom. The van der Waals surface area contributed by atoms with Crippen molar-refractivity contribution in [3.8, 4) is 33.6 Å². The van der Waals surface area contributed by atoms with Crippen molar-refractivity contribution in [2.24, 2.45) is 0 Å². The van der Waals surface area contributed by atoms with Crippen LogP contribution in [-0.4, -0.2) is 9.13 Å². The van der Waals surface area contributed by atoms with Gasteiger partial charge in [-0.3, -0.25) is 0 Å². The number of fused-ring (bicyclic) bond motifs is 8. The van der Waals surface area contributed by atoms with Crippen molar-refractivity contribution in [1.82, 2.24) is 9.13 Å². The Hall–Kier alpha value is -6.90. The first-order valence-corrected chi connectivity index (χ1v) is 18.4. The molecule has 53 heavy (non-hydrogen) atoms. The van der Waals surface area contributed by atoms with Crippen molar-refractivity contribution >= 4 is 32.7 Å². The monoisotopic (exact) mass is 674 g/mol. The first kappa shape index (κ1) is 29.8. The van der Waals surface area contributed by atoms with Gasteiger partial charge < -0.3 is 9.13 Å². The number of hydrogen-bond donors (Lipinski definition) is 0. The lowest BCUT2D eigenvalue weighted by Gasteiger charge is -2.34. The van der Waals surface area contributed by atoms with Crippen molar-refractivity contribution in [2.45, 2.75) is 5.41 Å². The minimum absolute atomic E-state index is 0.420. The fourth-order valence-electron chi connectivity index (χ4n) is 9.17. The number of nitrogens with zero attached hydrogens (tertiary/aromatic N) is 2. The van der Waals surface area contributed by atoms with Crippen LogP contribution < -0.4 is 0 Å². The van der Waals surface area contributed by atoms with Gasteiger partial charge in [-0.15, -0.1) is 0 Å². The summed E-state index contributed by atoms with van der Waals surface area (Å²) in [6, 6.07) is 73.4. The van der Waals surface area contributed by atoms with Gasteiger partial charge in [-0.1, -0.05) is 158 Å². The van der Waals surface area contributed by atoms with Gasteiger partial charge in [0.25, 0.3) is 0 Å². The molecule has 248 valence electrons. The lowest BCUT2D eigenvalue weighted by molar-refractivity contribution is 0.769. The van der Waals surface area contributed by atoms with E-state index in [1.165, 1.54) is 77.2 Å². The summed E-state index contributed by atoms with van der Waals surface area (Å²) in [5.74, 6) is 0. The van der Waals surface area contributed by atoms with Crippen LogP contribution in [0.15, 0.2) is 206 Å². The van der Waals surface area contributed by atoms with Gasteiger partial charge in [-0.05, 0) is 87.0 Å². The molecule has 0 saturated heterocycles. The van der Waals surface area contributed by atoms with Gasteiger partial charge in [0.1, 0.15) is 0 Å². The second-order valence-corrected chi connectivity index (χ2v) is 14.1. The maximum Gasteiger partial charge on any atom is 0.0788 e. The summed E-state index contributed by atoms with van der Waals surface area (Å²) in [5.41, 5.74) is 15.7. The Labute approximate surface area is 308 Å². The maximum atomic E-state index is 2.44. The predicted molar refractivity (Wildman–Crippen MR) is 220 cm³/mol. The number of benzene rings is 8. The zero-order chi connectivity index (χ0) is 34.9. The number of para-hydroxylation sites is 2. The first-order valence-electron chi connectivity index (χ1n) is 18.4. The molecule has 10 aromatic rings. The largest absolute Gasteiger partial charge is 0.315 e. The van der Waals surface area contributed by atoms with E-state index in [0.717, 1.165) is 11.4 Å². The molecule has 1 aliphatic rings. The average molecular weight is 675 g/mol. The molecule has 2 heteroatoms. The van der Waals surface area contributed by atoms with Crippen molar-refractivity contribution in [3.63, 3.8) is 0 Å². The highest BCUT2D eigenvalue weighted by atomic mass is 15.0. The van der Waals surface area contributed by atoms with Crippen molar-refractivity contribution in [3.05, 3.63) is 229 Å². The van der Waals surface area contributed by atoms with Crippen LogP contribution in [-0.2, 0) is 5.41 Å². The molecule has 0 radical (unpaired) electrons. The van der Waals surface area contributed by atoms with Gasteiger partial charge >= 0.3 is 0 Å². The second-order valence-electron chi connectivity index (χ2n) is 14.1. The normalized spacial score (nSPS) is 13.1. The molecule has 0 fully saturated rings. The summed E-state index contributed by atoms with van der Waals surface area (Å²) in [4.78, 5) is 0. The van der Waals surface area contributed by atoms with E-state index in [1.807, 2.05) is 0 Å². The fraction of sp³-hybridized carbons (Fsp3) is 0.0196. The Balaban J connectivity index is 1.08. The van der Waals surface area contributed by atoms with Crippen LogP contribution in [0.5, 0.6) is 0 Å². The van der Waals surface area contributed by atoms with E-state index in [1.54, 1.807) is 0 Å². The molecule has 0 N–H and O–H groups in total.